The summed E-state index contributed by atoms with van der Waals surface area (Å²) in [4.78, 5) is 16.4. The number of nitrogens with zero attached hydrogens (tertiary/aromatic N) is 3. The number of carbonyl (C=O) groups excluding carboxylic acids is 1. The molecule has 8 heteroatoms. The second-order valence-electron chi connectivity index (χ2n) is 5.09. The minimum absolute atomic E-state index is 0.196. The third kappa shape index (κ3) is 4.17. The largest absolute Gasteiger partial charge is 0.486 e. The highest BCUT2D eigenvalue weighted by atomic mass is 32.1. The van der Waals surface area contributed by atoms with E-state index in [4.69, 9.17) is 9.15 Å². The fourth-order valence-electron chi connectivity index (χ4n) is 1.98. The average Bonchev–Trinajstić information content (AvgIpc) is 3.19. The second kappa shape index (κ2) is 7.22. The Balaban J connectivity index is 1.52. The maximum atomic E-state index is 12.1. The smallest absolute Gasteiger partial charge is 0.251 e. The van der Waals surface area contributed by atoms with Crippen LogP contribution in [-0.2, 0) is 13.2 Å². The molecule has 0 aliphatic rings. The normalized spacial score (nSPS) is 10.6. The zero-order valence-electron chi connectivity index (χ0n) is 13.3. The molecule has 0 spiro atoms. The number of carbonyl (C=O) groups is 1. The molecule has 1 N–H and O–H groups in total. The van der Waals surface area contributed by atoms with Gasteiger partial charge in [0, 0.05) is 23.6 Å². The van der Waals surface area contributed by atoms with Crippen LogP contribution in [0.25, 0.3) is 0 Å². The van der Waals surface area contributed by atoms with E-state index in [9.17, 15) is 4.79 Å². The monoisotopic (exact) mass is 344 g/mol. The Hall–Kier alpha value is -2.74. The number of amides is 1. The van der Waals surface area contributed by atoms with Gasteiger partial charge in [0.2, 0.25) is 11.8 Å². The van der Waals surface area contributed by atoms with E-state index in [1.165, 1.54) is 0 Å². The quantitative estimate of drug-likeness (QED) is 0.739. The fraction of sp³-hybridized carbons (Fsp3) is 0.250. The van der Waals surface area contributed by atoms with E-state index in [1.807, 2.05) is 12.3 Å². The zero-order chi connectivity index (χ0) is 16.9. The Labute approximate surface area is 142 Å². The van der Waals surface area contributed by atoms with Crippen molar-refractivity contribution in [3.8, 4) is 5.75 Å². The summed E-state index contributed by atoms with van der Waals surface area (Å²) in [5.41, 5.74) is 1.52. The number of aryl methyl sites for hydroxylation is 2. The molecule has 0 aliphatic heterocycles. The molecule has 0 saturated carbocycles. The highest BCUT2D eigenvalue weighted by Crippen LogP contribution is 2.16. The van der Waals surface area contributed by atoms with Crippen molar-refractivity contribution in [2.45, 2.75) is 27.0 Å². The summed E-state index contributed by atoms with van der Waals surface area (Å²) >= 11 is 1.56. The van der Waals surface area contributed by atoms with Gasteiger partial charge in [-0.15, -0.1) is 21.5 Å². The maximum Gasteiger partial charge on any atom is 0.251 e. The summed E-state index contributed by atoms with van der Waals surface area (Å²) in [5.74, 6) is 1.32. The van der Waals surface area contributed by atoms with E-state index in [2.05, 4.69) is 20.5 Å². The number of ether oxygens (including phenoxy) is 1. The van der Waals surface area contributed by atoms with Gasteiger partial charge in [-0.3, -0.25) is 4.79 Å². The van der Waals surface area contributed by atoms with Crippen LogP contribution in [0.4, 0.5) is 0 Å². The van der Waals surface area contributed by atoms with Crippen LogP contribution >= 0.6 is 11.3 Å². The molecule has 3 rings (SSSR count). The fourth-order valence-corrected chi connectivity index (χ4v) is 2.67. The maximum absolute atomic E-state index is 12.1. The molecule has 124 valence electrons. The van der Waals surface area contributed by atoms with E-state index in [0.29, 0.717) is 29.7 Å². The van der Waals surface area contributed by atoms with E-state index in [0.717, 1.165) is 10.7 Å². The lowest BCUT2D eigenvalue weighted by atomic mass is 10.2. The standard InChI is InChI=1S/C16H16N4O3S/c1-10-9-24-15(18-10)8-22-13-5-3-12(4-6-13)16(21)17-7-14-20-19-11(2)23-14/h3-6,9H,7-8H2,1-2H3,(H,17,21). The highest BCUT2D eigenvalue weighted by Gasteiger charge is 2.08. The Morgan fingerprint density at radius 1 is 1.25 bits per heavy atom. The summed E-state index contributed by atoms with van der Waals surface area (Å²) in [6.45, 7) is 4.26. The number of hydrogen-bond donors (Lipinski definition) is 1. The number of aromatic nitrogens is 3. The van der Waals surface area contributed by atoms with Gasteiger partial charge in [0.1, 0.15) is 17.4 Å². The van der Waals surface area contributed by atoms with Crippen LogP contribution in [0.15, 0.2) is 34.1 Å². The molecule has 0 unspecified atom stereocenters. The van der Waals surface area contributed by atoms with Crippen molar-refractivity contribution in [1.82, 2.24) is 20.5 Å². The molecule has 1 aromatic carbocycles. The molecule has 0 aliphatic carbocycles. The predicted molar refractivity (Wildman–Crippen MR) is 87.8 cm³/mol. The van der Waals surface area contributed by atoms with Gasteiger partial charge in [0.25, 0.3) is 5.91 Å². The first kappa shape index (κ1) is 16.1. The van der Waals surface area contributed by atoms with Gasteiger partial charge in [-0.1, -0.05) is 0 Å². The Morgan fingerprint density at radius 2 is 2.04 bits per heavy atom. The molecule has 0 saturated heterocycles. The van der Waals surface area contributed by atoms with Gasteiger partial charge in [0.15, 0.2) is 0 Å². The first-order valence-electron chi connectivity index (χ1n) is 7.31. The van der Waals surface area contributed by atoms with Crippen LogP contribution in [0, 0.1) is 13.8 Å². The number of benzene rings is 1. The minimum Gasteiger partial charge on any atom is -0.486 e. The lowest BCUT2D eigenvalue weighted by Gasteiger charge is -2.06. The third-order valence-corrected chi connectivity index (χ3v) is 4.05. The molecule has 0 bridgehead atoms. The molecule has 0 fully saturated rings. The van der Waals surface area contributed by atoms with Crippen molar-refractivity contribution in [3.63, 3.8) is 0 Å². The predicted octanol–water partition coefficient (Wildman–Crippen LogP) is 2.65. The SMILES string of the molecule is Cc1csc(COc2ccc(C(=O)NCc3nnc(C)o3)cc2)n1. The summed E-state index contributed by atoms with van der Waals surface area (Å²) in [7, 11) is 0. The Morgan fingerprint density at radius 3 is 2.67 bits per heavy atom. The van der Waals surface area contributed by atoms with E-state index >= 15 is 0 Å². The molecule has 7 nitrogen and oxygen atoms in total. The molecule has 2 aromatic heterocycles. The van der Waals surface area contributed by atoms with Crippen LogP contribution in [0.5, 0.6) is 5.75 Å². The third-order valence-electron chi connectivity index (χ3n) is 3.11. The van der Waals surface area contributed by atoms with Gasteiger partial charge in [-0.05, 0) is 31.2 Å². The molecule has 1 amide bonds. The summed E-state index contributed by atoms with van der Waals surface area (Å²) < 4.78 is 10.9. The number of hydrogen-bond acceptors (Lipinski definition) is 7. The highest BCUT2D eigenvalue weighted by molar-refractivity contribution is 7.09. The Bertz CT molecular complexity index is 826. The first-order chi connectivity index (χ1) is 11.6. The minimum atomic E-state index is -0.215. The van der Waals surface area contributed by atoms with Gasteiger partial charge >= 0.3 is 0 Å². The van der Waals surface area contributed by atoms with Crippen molar-refractivity contribution in [3.05, 3.63) is 57.7 Å². The molecule has 0 atom stereocenters. The lowest BCUT2D eigenvalue weighted by molar-refractivity contribution is 0.0947. The van der Waals surface area contributed by atoms with Gasteiger partial charge in [0.05, 0.1) is 6.54 Å². The molecule has 2 heterocycles. The van der Waals surface area contributed by atoms with E-state index in [-0.39, 0.29) is 12.5 Å². The van der Waals surface area contributed by atoms with Crippen molar-refractivity contribution < 1.29 is 13.9 Å². The molecular weight excluding hydrogens is 328 g/mol. The van der Waals surface area contributed by atoms with Crippen molar-refractivity contribution in [2.24, 2.45) is 0 Å². The summed E-state index contributed by atoms with van der Waals surface area (Å²) in [6.07, 6.45) is 0. The van der Waals surface area contributed by atoms with Crippen LogP contribution < -0.4 is 10.1 Å². The van der Waals surface area contributed by atoms with E-state index in [1.54, 1.807) is 42.5 Å². The van der Waals surface area contributed by atoms with Crippen molar-refractivity contribution in [1.29, 1.82) is 0 Å². The topological polar surface area (TPSA) is 90.1 Å². The van der Waals surface area contributed by atoms with Crippen molar-refractivity contribution >= 4 is 17.2 Å². The second-order valence-corrected chi connectivity index (χ2v) is 6.04. The van der Waals surface area contributed by atoms with Crippen molar-refractivity contribution in [2.75, 3.05) is 0 Å². The zero-order valence-corrected chi connectivity index (χ0v) is 14.1. The number of nitrogens with one attached hydrogen (secondary N) is 1. The van der Waals surface area contributed by atoms with E-state index < -0.39 is 0 Å². The molecule has 0 radical (unpaired) electrons. The van der Waals surface area contributed by atoms with Gasteiger partial charge in [-0.25, -0.2) is 4.98 Å². The van der Waals surface area contributed by atoms with Gasteiger partial charge in [-0.2, -0.15) is 0 Å². The molecule has 3 aromatic rings. The van der Waals surface area contributed by atoms with Crippen LogP contribution in [-0.4, -0.2) is 21.1 Å². The van der Waals surface area contributed by atoms with Crippen LogP contribution in [0.3, 0.4) is 0 Å². The lowest BCUT2D eigenvalue weighted by Crippen LogP contribution is -2.22. The molecular formula is C16H16N4O3S. The average molecular weight is 344 g/mol. The molecule has 24 heavy (non-hydrogen) atoms. The van der Waals surface area contributed by atoms with Crippen LogP contribution in [0.1, 0.15) is 32.8 Å². The first-order valence-corrected chi connectivity index (χ1v) is 8.19. The van der Waals surface area contributed by atoms with Crippen LogP contribution in [0.2, 0.25) is 0 Å². The summed E-state index contributed by atoms with van der Waals surface area (Å²) in [5, 5.41) is 13.2. The van der Waals surface area contributed by atoms with Gasteiger partial charge < -0.3 is 14.5 Å². The number of thiazole rings is 1. The number of rotatable bonds is 6. The Kier molecular flexibility index (Phi) is 4.85. The summed E-state index contributed by atoms with van der Waals surface area (Å²) in [6, 6.07) is 6.92.